The van der Waals surface area contributed by atoms with E-state index in [0.717, 1.165) is 29.8 Å². The minimum Gasteiger partial charge on any atom is -0.338 e. The van der Waals surface area contributed by atoms with Gasteiger partial charge in [0, 0.05) is 55.3 Å². The van der Waals surface area contributed by atoms with Crippen LogP contribution < -0.4 is 0 Å². The summed E-state index contributed by atoms with van der Waals surface area (Å²) in [5, 5.41) is 5.31. The van der Waals surface area contributed by atoms with Crippen molar-refractivity contribution in [2.75, 3.05) is 6.54 Å². The first-order valence-corrected chi connectivity index (χ1v) is 7.00. The topological polar surface area (TPSA) is 38.1 Å². The number of fused-ring (bicyclic) bond motifs is 1. The van der Waals surface area contributed by atoms with Crippen LogP contribution in [0.25, 0.3) is 11.3 Å². The van der Waals surface area contributed by atoms with E-state index in [0.29, 0.717) is 11.6 Å². The SMILES string of the molecule is CC(=O)N1CCc2c(c(-c3cccc(Cl)c3)nn2C)C1. The molecule has 2 aromatic rings. The third-order valence-electron chi connectivity index (χ3n) is 3.79. The lowest BCUT2D eigenvalue weighted by atomic mass is 10.0. The maximum atomic E-state index is 11.6. The van der Waals surface area contributed by atoms with Gasteiger partial charge in [0.05, 0.1) is 5.69 Å². The largest absolute Gasteiger partial charge is 0.338 e. The Hall–Kier alpha value is -1.81. The van der Waals surface area contributed by atoms with Gasteiger partial charge in [-0.05, 0) is 12.1 Å². The number of benzene rings is 1. The second-order valence-corrected chi connectivity index (χ2v) is 5.53. The molecule has 0 unspecified atom stereocenters. The summed E-state index contributed by atoms with van der Waals surface area (Å²) in [6, 6.07) is 7.69. The van der Waals surface area contributed by atoms with Gasteiger partial charge in [0.25, 0.3) is 0 Å². The van der Waals surface area contributed by atoms with Crippen LogP contribution in [-0.2, 0) is 24.8 Å². The monoisotopic (exact) mass is 289 g/mol. The fraction of sp³-hybridized carbons (Fsp3) is 0.333. The van der Waals surface area contributed by atoms with Crippen molar-refractivity contribution in [3.8, 4) is 11.3 Å². The zero-order chi connectivity index (χ0) is 14.3. The van der Waals surface area contributed by atoms with Crippen LogP contribution in [0.3, 0.4) is 0 Å². The molecule has 0 fully saturated rings. The summed E-state index contributed by atoms with van der Waals surface area (Å²) in [6.45, 7) is 3.00. The van der Waals surface area contributed by atoms with Crippen molar-refractivity contribution in [1.29, 1.82) is 0 Å². The summed E-state index contributed by atoms with van der Waals surface area (Å²) >= 11 is 6.06. The second-order valence-electron chi connectivity index (χ2n) is 5.10. The van der Waals surface area contributed by atoms with Gasteiger partial charge >= 0.3 is 0 Å². The van der Waals surface area contributed by atoms with Crippen LogP contribution in [0.1, 0.15) is 18.2 Å². The Balaban J connectivity index is 2.08. The smallest absolute Gasteiger partial charge is 0.219 e. The van der Waals surface area contributed by atoms with Crippen LogP contribution in [0.5, 0.6) is 0 Å². The molecule has 0 spiro atoms. The molecule has 0 radical (unpaired) electrons. The van der Waals surface area contributed by atoms with Gasteiger partial charge < -0.3 is 4.90 Å². The van der Waals surface area contributed by atoms with Crippen LogP contribution in [0.15, 0.2) is 24.3 Å². The highest BCUT2D eigenvalue weighted by Crippen LogP contribution is 2.30. The third kappa shape index (κ3) is 2.20. The molecule has 5 heteroatoms. The Labute approximate surface area is 123 Å². The molecule has 0 aliphatic carbocycles. The zero-order valence-electron chi connectivity index (χ0n) is 11.6. The maximum absolute atomic E-state index is 11.6. The van der Waals surface area contributed by atoms with Crippen LogP contribution in [0, 0.1) is 0 Å². The van der Waals surface area contributed by atoms with Gasteiger partial charge in [-0.15, -0.1) is 0 Å². The molecule has 0 saturated heterocycles. The van der Waals surface area contributed by atoms with Crippen molar-refractivity contribution in [1.82, 2.24) is 14.7 Å². The molecule has 0 N–H and O–H groups in total. The van der Waals surface area contributed by atoms with E-state index < -0.39 is 0 Å². The lowest BCUT2D eigenvalue weighted by molar-refractivity contribution is -0.129. The van der Waals surface area contributed by atoms with E-state index in [1.807, 2.05) is 40.9 Å². The molecule has 1 aromatic carbocycles. The lowest BCUT2D eigenvalue weighted by Gasteiger charge is -2.26. The fourth-order valence-electron chi connectivity index (χ4n) is 2.73. The average Bonchev–Trinajstić information content (AvgIpc) is 2.76. The number of amides is 1. The molecule has 1 aromatic heterocycles. The molecule has 1 aliphatic heterocycles. The summed E-state index contributed by atoms with van der Waals surface area (Å²) in [4.78, 5) is 13.5. The van der Waals surface area contributed by atoms with Crippen molar-refractivity contribution in [3.63, 3.8) is 0 Å². The first kappa shape index (κ1) is 13.2. The molecule has 1 aliphatic rings. The van der Waals surface area contributed by atoms with Gasteiger partial charge in [0.15, 0.2) is 0 Å². The van der Waals surface area contributed by atoms with Crippen molar-refractivity contribution in [2.45, 2.75) is 19.9 Å². The Morgan fingerprint density at radius 1 is 1.40 bits per heavy atom. The average molecular weight is 290 g/mol. The van der Waals surface area contributed by atoms with Gasteiger partial charge in [-0.2, -0.15) is 5.10 Å². The molecule has 3 rings (SSSR count). The molecule has 0 bridgehead atoms. The van der Waals surface area contributed by atoms with Crippen LogP contribution in [0.2, 0.25) is 5.02 Å². The highest BCUT2D eigenvalue weighted by Gasteiger charge is 2.25. The summed E-state index contributed by atoms with van der Waals surface area (Å²) in [7, 11) is 1.95. The van der Waals surface area contributed by atoms with E-state index in [1.54, 1.807) is 6.92 Å². The quantitative estimate of drug-likeness (QED) is 0.809. The number of aryl methyl sites for hydroxylation is 1. The molecule has 2 heterocycles. The number of halogens is 1. The number of aromatic nitrogens is 2. The molecule has 0 saturated carbocycles. The number of hydrogen-bond acceptors (Lipinski definition) is 2. The Morgan fingerprint density at radius 3 is 2.90 bits per heavy atom. The number of hydrogen-bond donors (Lipinski definition) is 0. The van der Waals surface area contributed by atoms with Crippen molar-refractivity contribution >= 4 is 17.5 Å². The Bertz CT molecular complexity index is 678. The highest BCUT2D eigenvalue weighted by atomic mass is 35.5. The predicted octanol–water partition coefficient (Wildman–Crippen LogP) is 2.65. The van der Waals surface area contributed by atoms with E-state index in [-0.39, 0.29) is 5.91 Å². The van der Waals surface area contributed by atoms with Crippen molar-refractivity contribution < 1.29 is 4.79 Å². The number of carbonyl (C=O) groups is 1. The van der Waals surface area contributed by atoms with Gasteiger partial charge in [-0.1, -0.05) is 23.7 Å². The third-order valence-corrected chi connectivity index (χ3v) is 4.02. The highest BCUT2D eigenvalue weighted by molar-refractivity contribution is 6.30. The summed E-state index contributed by atoms with van der Waals surface area (Å²) in [5.74, 6) is 0.108. The van der Waals surface area contributed by atoms with E-state index in [4.69, 9.17) is 11.6 Å². The van der Waals surface area contributed by atoms with Crippen molar-refractivity contribution in [2.24, 2.45) is 7.05 Å². The maximum Gasteiger partial charge on any atom is 0.219 e. The second kappa shape index (κ2) is 4.94. The van der Waals surface area contributed by atoms with Crippen LogP contribution in [-0.4, -0.2) is 27.1 Å². The van der Waals surface area contributed by atoms with Gasteiger partial charge in [-0.3, -0.25) is 9.48 Å². The van der Waals surface area contributed by atoms with Crippen LogP contribution >= 0.6 is 11.6 Å². The minimum absolute atomic E-state index is 0.108. The molecule has 20 heavy (non-hydrogen) atoms. The molecule has 4 nitrogen and oxygen atoms in total. The first-order chi connectivity index (χ1) is 9.56. The van der Waals surface area contributed by atoms with Gasteiger partial charge in [-0.25, -0.2) is 0 Å². The lowest BCUT2D eigenvalue weighted by Crippen LogP contribution is -2.34. The molecule has 0 atom stereocenters. The first-order valence-electron chi connectivity index (χ1n) is 6.62. The number of carbonyl (C=O) groups excluding carboxylic acids is 1. The van der Waals surface area contributed by atoms with E-state index in [1.165, 1.54) is 5.69 Å². The van der Waals surface area contributed by atoms with E-state index in [2.05, 4.69) is 5.10 Å². The van der Waals surface area contributed by atoms with Gasteiger partial charge in [0.2, 0.25) is 5.91 Å². The van der Waals surface area contributed by atoms with Crippen LogP contribution in [0.4, 0.5) is 0 Å². The summed E-state index contributed by atoms with van der Waals surface area (Å²) in [5.41, 5.74) is 4.27. The normalized spacial score (nSPS) is 14.2. The summed E-state index contributed by atoms with van der Waals surface area (Å²) in [6.07, 6.45) is 0.846. The molecule has 1 amide bonds. The predicted molar refractivity (Wildman–Crippen MR) is 78.4 cm³/mol. The summed E-state index contributed by atoms with van der Waals surface area (Å²) < 4.78 is 1.92. The molecular formula is C15H16ClN3O. The molecule has 104 valence electrons. The molecular weight excluding hydrogens is 274 g/mol. The van der Waals surface area contributed by atoms with Gasteiger partial charge in [0.1, 0.15) is 0 Å². The van der Waals surface area contributed by atoms with Crippen molar-refractivity contribution in [3.05, 3.63) is 40.5 Å². The minimum atomic E-state index is 0.108. The fourth-order valence-corrected chi connectivity index (χ4v) is 2.92. The number of rotatable bonds is 1. The zero-order valence-corrected chi connectivity index (χ0v) is 12.3. The Kier molecular flexibility index (Phi) is 3.26. The standard InChI is InChI=1S/C15H16ClN3O/c1-10(20)19-7-6-14-13(9-19)15(17-18(14)2)11-4-3-5-12(16)8-11/h3-5,8H,6-7,9H2,1-2H3. The van der Waals surface area contributed by atoms with E-state index >= 15 is 0 Å². The number of nitrogens with zero attached hydrogens (tertiary/aromatic N) is 3. The van der Waals surface area contributed by atoms with E-state index in [9.17, 15) is 4.79 Å². The Morgan fingerprint density at radius 2 is 2.20 bits per heavy atom.